The van der Waals surface area contributed by atoms with Crippen LogP contribution in [0, 0.1) is 11.3 Å². The Morgan fingerprint density at radius 3 is 2.36 bits per heavy atom. The molecule has 2 atom stereocenters. The highest BCUT2D eigenvalue weighted by Gasteiger charge is 2.34. The lowest BCUT2D eigenvalue weighted by Gasteiger charge is -2.26. The lowest BCUT2D eigenvalue weighted by atomic mass is 9.77. The number of carbonyl (C=O) groups is 1. The van der Waals surface area contributed by atoms with Crippen LogP contribution in [0.1, 0.15) is 27.2 Å². The Morgan fingerprint density at radius 1 is 1.82 bits per heavy atom. The molecule has 0 saturated carbocycles. The first kappa shape index (κ1) is 10.2. The lowest BCUT2D eigenvalue weighted by Crippen LogP contribution is -2.31. The third-order valence-electron chi connectivity index (χ3n) is 2.52. The Bertz CT molecular complexity index is 163. The fraction of sp³-hybridized carbons (Fsp3) is 0.667. The monoisotopic (exact) mass is 156 g/mol. The van der Waals surface area contributed by atoms with Crippen molar-refractivity contribution in [2.45, 2.75) is 27.2 Å². The van der Waals surface area contributed by atoms with Gasteiger partial charge in [0, 0.05) is 0 Å². The quantitative estimate of drug-likeness (QED) is 0.634. The fourth-order valence-electron chi connectivity index (χ4n) is 0.923. The highest BCUT2D eigenvalue weighted by atomic mass is 16.4. The molecule has 0 spiro atoms. The van der Waals surface area contributed by atoms with E-state index in [0.717, 1.165) is 6.42 Å². The van der Waals surface area contributed by atoms with Crippen molar-refractivity contribution in [3.8, 4) is 0 Å². The zero-order valence-electron chi connectivity index (χ0n) is 7.42. The summed E-state index contributed by atoms with van der Waals surface area (Å²) in [6.07, 6.45) is 2.37. The highest BCUT2D eigenvalue weighted by molar-refractivity contribution is 5.76. The summed E-state index contributed by atoms with van der Waals surface area (Å²) in [5, 5.41) is 8.86. The maximum absolute atomic E-state index is 10.8. The normalized spacial score (nSPS) is 18.5. The van der Waals surface area contributed by atoms with Crippen molar-refractivity contribution in [1.82, 2.24) is 0 Å². The van der Waals surface area contributed by atoms with Crippen LogP contribution >= 0.6 is 0 Å². The smallest absolute Gasteiger partial charge is 0.313 e. The van der Waals surface area contributed by atoms with Gasteiger partial charge in [0.15, 0.2) is 0 Å². The molecule has 0 aliphatic heterocycles. The van der Waals surface area contributed by atoms with Crippen molar-refractivity contribution in [2.75, 3.05) is 0 Å². The molecule has 0 aromatic rings. The number of carboxylic acid groups (broad SMARTS) is 1. The van der Waals surface area contributed by atoms with E-state index in [0.29, 0.717) is 0 Å². The van der Waals surface area contributed by atoms with Gasteiger partial charge < -0.3 is 5.11 Å². The SMILES string of the molecule is C=C[C@](C)(C(=O)O)[C@H](C)CC. The third kappa shape index (κ3) is 1.82. The Morgan fingerprint density at radius 2 is 2.27 bits per heavy atom. The van der Waals surface area contributed by atoms with E-state index >= 15 is 0 Å². The second-order valence-corrected chi connectivity index (χ2v) is 3.10. The molecule has 0 rings (SSSR count). The average Bonchev–Trinajstić information content (AvgIpc) is 2.01. The molecule has 0 aliphatic rings. The molecule has 2 nitrogen and oxygen atoms in total. The first-order chi connectivity index (χ1) is 4.99. The maximum Gasteiger partial charge on any atom is 0.313 e. The number of rotatable bonds is 4. The highest BCUT2D eigenvalue weighted by Crippen LogP contribution is 2.30. The summed E-state index contributed by atoms with van der Waals surface area (Å²) >= 11 is 0. The zero-order chi connectivity index (χ0) is 9.07. The van der Waals surface area contributed by atoms with Crippen LogP contribution in [0.25, 0.3) is 0 Å². The molecule has 0 amide bonds. The van der Waals surface area contributed by atoms with E-state index in [1.807, 2.05) is 13.8 Å². The first-order valence-corrected chi connectivity index (χ1v) is 3.86. The molecule has 11 heavy (non-hydrogen) atoms. The van der Waals surface area contributed by atoms with E-state index in [4.69, 9.17) is 5.11 Å². The average molecular weight is 156 g/mol. The van der Waals surface area contributed by atoms with Crippen LogP contribution < -0.4 is 0 Å². The molecule has 0 radical (unpaired) electrons. The van der Waals surface area contributed by atoms with Crippen LogP contribution in [-0.2, 0) is 4.79 Å². The number of aliphatic carboxylic acids is 1. The van der Waals surface area contributed by atoms with Gasteiger partial charge in [0.05, 0.1) is 5.41 Å². The summed E-state index contributed by atoms with van der Waals surface area (Å²) in [5.74, 6) is -0.653. The van der Waals surface area contributed by atoms with Crippen molar-refractivity contribution in [3.63, 3.8) is 0 Å². The van der Waals surface area contributed by atoms with Gasteiger partial charge in [-0.1, -0.05) is 26.3 Å². The van der Waals surface area contributed by atoms with Crippen molar-refractivity contribution in [3.05, 3.63) is 12.7 Å². The molecule has 0 heterocycles. The number of carboxylic acids is 1. The van der Waals surface area contributed by atoms with Crippen LogP contribution in [0.5, 0.6) is 0 Å². The predicted molar refractivity (Wildman–Crippen MR) is 45.4 cm³/mol. The van der Waals surface area contributed by atoms with Crippen molar-refractivity contribution in [2.24, 2.45) is 11.3 Å². The summed E-state index contributed by atoms with van der Waals surface area (Å²) in [6, 6.07) is 0. The van der Waals surface area contributed by atoms with E-state index in [2.05, 4.69) is 6.58 Å². The molecule has 0 saturated heterocycles. The number of hydrogen-bond acceptors (Lipinski definition) is 1. The molecule has 0 bridgehead atoms. The molecule has 0 fully saturated rings. The summed E-state index contributed by atoms with van der Waals surface area (Å²) in [6.45, 7) is 9.15. The minimum absolute atomic E-state index is 0.137. The van der Waals surface area contributed by atoms with Gasteiger partial charge in [-0.2, -0.15) is 0 Å². The van der Waals surface area contributed by atoms with Crippen molar-refractivity contribution < 1.29 is 9.90 Å². The van der Waals surface area contributed by atoms with Crippen LogP contribution in [0.3, 0.4) is 0 Å². The molecule has 0 aromatic heterocycles. The minimum atomic E-state index is -0.790. The second kappa shape index (κ2) is 3.56. The molecule has 1 N–H and O–H groups in total. The van der Waals surface area contributed by atoms with Gasteiger partial charge in [0.25, 0.3) is 0 Å². The Kier molecular flexibility index (Phi) is 3.30. The molecular formula is C9H16O2. The van der Waals surface area contributed by atoms with Gasteiger partial charge >= 0.3 is 5.97 Å². The van der Waals surface area contributed by atoms with Crippen molar-refractivity contribution in [1.29, 1.82) is 0 Å². The van der Waals surface area contributed by atoms with Gasteiger partial charge in [-0.05, 0) is 12.8 Å². The molecular weight excluding hydrogens is 140 g/mol. The summed E-state index contributed by atoms with van der Waals surface area (Å²) in [4.78, 5) is 10.8. The topological polar surface area (TPSA) is 37.3 Å². The Hall–Kier alpha value is -0.790. The van der Waals surface area contributed by atoms with Crippen LogP contribution in [0.4, 0.5) is 0 Å². The van der Waals surface area contributed by atoms with Crippen LogP contribution in [0.15, 0.2) is 12.7 Å². The summed E-state index contributed by atoms with van der Waals surface area (Å²) in [5.41, 5.74) is -0.769. The van der Waals surface area contributed by atoms with E-state index < -0.39 is 11.4 Å². The molecule has 64 valence electrons. The molecule has 0 aromatic carbocycles. The Labute approximate surface area is 67.9 Å². The fourth-order valence-corrected chi connectivity index (χ4v) is 0.923. The Balaban J connectivity index is 4.58. The van der Waals surface area contributed by atoms with E-state index in [1.54, 1.807) is 6.92 Å². The molecule has 0 unspecified atom stereocenters. The third-order valence-corrected chi connectivity index (χ3v) is 2.52. The van der Waals surface area contributed by atoms with Gasteiger partial charge in [-0.25, -0.2) is 0 Å². The van der Waals surface area contributed by atoms with E-state index in [-0.39, 0.29) is 5.92 Å². The first-order valence-electron chi connectivity index (χ1n) is 3.86. The van der Waals surface area contributed by atoms with Crippen LogP contribution in [-0.4, -0.2) is 11.1 Å². The van der Waals surface area contributed by atoms with Gasteiger partial charge in [0.2, 0.25) is 0 Å². The van der Waals surface area contributed by atoms with Gasteiger partial charge in [-0.15, -0.1) is 6.58 Å². The van der Waals surface area contributed by atoms with Gasteiger partial charge in [0.1, 0.15) is 0 Å². The van der Waals surface area contributed by atoms with Crippen LogP contribution in [0.2, 0.25) is 0 Å². The van der Waals surface area contributed by atoms with Gasteiger partial charge in [-0.3, -0.25) is 4.79 Å². The summed E-state index contributed by atoms with van der Waals surface area (Å²) in [7, 11) is 0. The van der Waals surface area contributed by atoms with E-state index in [9.17, 15) is 4.79 Å². The predicted octanol–water partition coefficient (Wildman–Crippen LogP) is 2.31. The second-order valence-electron chi connectivity index (χ2n) is 3.10. The van der Waals surface area contributed by atoms with Crippen molar-refractivity contribution >= 4 is 5.97 Å². The zero-order valence-corrected chi connectivity index (χ0v) is 7.42. The molecule has 0 aliphatic carbocycles. The minimum Gasteiger partial charge on any atom is -0.481 e. The summed E-state index contributed by atoms with van der Waals surface area (Å²) < 4.78 is 0. The standard InChI is InChI=1S/C9H16O2/c1-5-7(3)9(4,6-2)8(10)11/h6-7H,2,5H2,1,3-4H3,(H,10,11)/t7-,9+/m1/s1. The molecule has 2 heteroatoms. The lowest BCUT2D eigenvalue weighted by molar-refractivity contribution is -0.147. The maximum atomic E-state index is 10.8. The largest absolute Gasteiger partial charge is 0.481 e. The van der Waals surface area contributed by atoms with E-state index in [1.165, 1.54) is 6.08 Å². The number of hydrogen-bond donors (Lipinski definition) is 1.